The minimum Gasteiger partial charge on any atom is -0.463 e. The van der Waals surface area contributed by atoms with Crippen molar-refractivity contribution in [2.75, 3.05) is 12.4 Å². The Labute approximate surface area is 79.9 Å². The molecular formula is C7H10N4O3. The molecule has 0 aliphatic heterocycles. The molecule has 0 aliphatic carbocycles. The van der Waals surface area contributed by atoms with Gasteiger partial charge in [-0.2, -0.15) is 4.98 Å². The first-order chi connectivity index (χ1) is 6.67. The highest BCUT2D eigenvalue weighted by Gasteiger charge is 2.12. The molecule has 2 N–H and O–H groups in total. The van der Waals surface area contributed by atoms with Crippen LogP contribution < -0.4 is 5.32 Å². The third-order valence-electron chi connectivity index (χ3n) is 1.44. The first-order valence-corrected chi connectivity index (χ1v) is 3.98. The molecule has 1 amide bonds. The number of hydrogen-bond donors (Lipinski definition) is 2. The highest BCUT2D eigenvalue weighted by atomic mass is 16.5. The largest absolute Gasteiger partial charge is 0.463 e. The van der Waals surface area contributed by atoms with Crippen LogP contribution in [0.3, 0.4) is 0 Å². The highest BCUT2D eigenvalue weighted by molar-refractivity contribution is 5.90. The number of H-pyrrole nitrogens is 1. The summed E-state index contributed by atoms with van der Waals surface area (Å²) in [4.78, 5) is 25.5. The lowest BCUT2D eigenvalue weighted by Gasteiger charge is -1.94. The molecule has 0 atom stereocenters. The number of anilines is 1. The molecule has 0 saturated carbocycles. The number of aromatic nitrogens is 3. The van der Waals surface area contributed by atoms with Gasteiger partial charge in [-0.05, 0) is 0 Å². The molecule has 0 spiro atoms. The van der Waals surface area contributed by atoms with E-state index in [2.05, 4.69) is 25.2 Å². The Kier molecular flexibility index (Phi) is 3.16. The number of hydrogen-bond acceptors (Lipinski definition) is 5. The molecule has 0 aliphatic rings. The summed E-state index contributed by atoms with van der Waals surface area (Å²) >= 11 is 0. The van der Waals surface area contributed by atoms with Crippen LogP contribution in [0.15, 0.2) is 0 Å². The van der Waals surface area contributed by atoms with Crippen molar-refractivity contribution in [3.8, 4) is 0 Å². The Bertz CT molecular complexity index is 346. The van der Waals surface area contributed by atoms with Gasteiger partial charge in [0.1, 0.15) is 0 Å². The quantitative estimate of drug-likeness (QED) is 0.663. The van der Waals surface area contributed by atoms with Gasteiger partial charge in [0.05, 0.1) is 7.11 Å². The zero-order chi connectivity index (χ0) is 10.6. The van der Waals surface area contributed by atoms with Crippen LogP contribution in [0.4, 0.5) is 5.95 Å². The second kappa shape index (κ2) is 4.35. The number of methoxy groups -OCH3 is 1. The maximum absolute atomic E-state index is 10.9. The van der Waals surface area contributed by atoms with Crippen LogP contribution >= 0.6 is 0 Å². The van der Waals surface area contributed by atoms with Gasteiger partial charge in [-0.1, -0.05) is 6.92 Å². The predicted octanol–water partition coefficient (Wildman–Crippen LogP) is -0.0602. The van der Waals surface area contributed by atoms with E-state index in [4.69, 9.17) is 0 Å². The summed E-state index contributed by atoms with van der Waals surface area (Å²) in [6.07, 6.45) is 0.322. The van der Waals surface area contributed by atoms with Crippen LogP contribution in [-0.2, 0) is 9.53 Å². The summed E-state index contributed by atoms with van der Waals surface area (Å²) in [5.74, 6) is -0.828. The van der Waals surface area contributed by atoms with Crippen LogP contribution in [0.5, 0.6) is 0 Å². The van der Waals surface area contributed by atoms with Gasteiger partial charge in [0.25, 0.3) is 0 Å². The molecule has 7 heteroatoms. The van der Waals surface area contributed by atoms with Gasteiger partial charge in [-0.3, -0.25) is 15.2 Å². The number of ether oxygens (including phenoxy) is 1. The van der Waals surface area contributed by atoms with Crippen molar-refractivity contribution in [1.82, 2.24) is 15.2 Å². The minimum atomic E-state index is -0.630. The number of esters is 1. The second-order valence-electron chi connectivity index (χ2n) is 2.40. The molecule has 0 radical (unpaired) electrons. The smallest absolute Gasteiger partial charge is 0.375 e. The summed E-state index contributed by atoms with van der Waals surface area (Å²) in [6, 6.07) is 0. The summed E-state index contributed by atoms with van der Waals surface area (Å²) < 4.78 is 4.40. The lowest BCUT2D eigenvalue weighted by Crippen LogP contribution is -2.11. The van der Waals surface area contributed by atoms with Crippen LogP contribution in [-0.4, -0.2) is 34.2 Å². The zero-order valence-corrected chi connectivity index (χ0v) is 7.83. The van der Waals surface area contributed by atoms with Gasteiger partial charge in [0, 0.05) is 6.42 Å². The number of rotatable bonds is 3. The molecule has 0 saturated heterocycles. The number of aromatic amines is 1. The Hall–Kier alpha value is -1.92. The van der Waals surface area contributed by atoms with Crippen molar-refractivity contribution in [2.45, 2.75) is 13.3 Å². The van der Waals surface area contributed by atoms with Crippen LogP contribution in [0.25, 0.3) is 0 Å². The van der Waals surface area contributed by atoms with Crippen molar-refractivity contribution in [3.05, 3.63) is 5.82 Å². The highest BCUT2D eigenvalue weighted by Crippen LogP contribution is 2.00. The average molecular weight is 198 g/mol. The molecule has 1 rings (SSSR count). The van der Waals surface area contributed by atoms with E-state index < -0.39 is 5.97 Å². The van der Waals surface area contributed by atoms with Crippen molar-refractivity contribution in [3.63, 3.8) is 0 Å². The van der Waals surface area contributed by atoms with Gasteiger partial charge in [-0.25, -0.2) is 4.79 Å². The van der Waals surface area contributed by atoms with Crippen LogP contribution in [0.1, 0.15) is 24.0 Å². The standard InChI is InChI=1S/C7H10N4O3/c1-3-4(12)8-7-9-5(10-11-7)6(13)14-2/h3H2,1-2H3,(H2,8,9,10,11,12). The van der Waals surface area contributed by atoms with E-state index in [0.717, 1.165) is 0 Å². The lowest BCUT2D eigenvalue weighted by molar-refractivity contribution is -0.115. The fourth-order valence-electron chi connectivity index (χ4n) is 0.719. The third-order valence-corrected chi connectivity index (χ3v) is 1.44. The van der Waals surface area contributed by atoms with Gasteiger partial charge >= 0.3 is 5.97 Å². The van der Waals surface area contributed by atoms with Gasteiger partial charge in [0.15, 0.2) is 0 Å². The fourth-order valence-corrected chi connectivity index (χ4v) is 0.719. The Balaban J connectivity index is 2.68. The van der Waals surface area contributed by atoms with Gasteiger partial charge in [0.2, 0.25) is 17.7 Å². The SMILES string of the molecule is CCC(=O)Nc1n[nH]c(C(=O)OC)n1. The summed E-state index contributed by atoms with van der Waals surface area (Å²) in [6.45, 7) is 1.70. The predicted molar refractivity (Wildman–Crippen MR) is 46.6 cm³/mol. The summed E-state index contributed by atoms with van der Waals surface area (Å²) in [5.41, 5.74) is 0. The zero-order valence-electron chi connectivity index (χ0n) is 7.83. The van der Waals surface area contributed by atoms with Crippen LogP contribution in [0, 0.1) is 0 Å². The van der Waals surface area contributed by atoms with E-state index in [9.17, 15) is 9.59 Å². The lowest BCUT2D eigenvalue weighted by atomic mass is 10.5. The van der Waals surface area contributed by atoms with Gasteiger partial charge < -0.3 is 4.74 Å². The van der Waals surface area contributed by atoms with E-state index in [0.29, 0.717) is 6.42 Å². The molecule has 0 fully saturated rings. The molecule has 1 aromatic heterocycles. The van der Waals surface area contributed by atoms with Crippen molar-refractivity contribution in [2.24, 2.45) is 0 Å². The number of carbonyl (C=O) groups is 2. The first-order valence-electron chi connectivity index (χ1n) is 3.98. The molecule has 0 bridgehead atoms. The van der Waals surface area contributed by atoms with E-state index in [1.165, 1.54) is 7.11 Å². The monoisotopic (exact) mass is 198 g/mol. The number of amides is 1. The Morgan fingerprint density at radius 2 is 2.29 bits per heavy atom. The van der Waals surface area contributed by atoms with E-state index in [1.807, 2.05) is 0 Å². The molecule has 76 valence electrons. The molecule has 7 nitrogen and oxygen atoms in total. The van der Waals surface area contributed by atoms with E-state index in [1.54, 1.807) is 6.92 Å². The number of carbonyl (C=O) groups excluding carboxylic acids is 2. The van der Waals surface area contributed by atoms with Gasteiger partial charge in [-0.15, -0.1) is 5.10 Å². The Morgan fingerprint density at radius 3 is 2.86 bits per heavy atom. The maximum atomic E-state index is 10.9. The van der Waals surface area contributed by atoms with Crippen LogP contribution in [0.2, 0.25) is 0 Å². The number of nitrogens with zero attached hydrogens (tertiary/aromatic N) is 2. The summed E-state index contributed by atoms with van der Waals surface area (Å²) in [5, 5.41) is 8.33. The molecule has 0 aromatic carbocycles. The fraction of sp³-hybridized carbons (Fsp3) is 0.429. The maximum Gasteiger partial charge on any atom is 0.375 e. The van der Waals surface area contributed by atoms with Crippen molar-refractivity contribution in [1.29, 1.82) is 0 Å². The summed E-state index contributed by atoms with van der Waals surface area (Å²) in [7, 11) is 1.23. The molecule has 14 heavy (non-hydrogen) atoms. The van der Waals surface area contributed by atoms with E-state index >= 15 is 0 Å². The molecule has 1 heterocycles. The molecular weight excluding hydrogens is 188 g/mol. The van der Waals surface area contributed by atoms with Crippen molar-refractivity contribution < 1.29 is 14.3 Å². The van der Waals surface area contributed by atoms with Crippen molar-refractivity contribution >= 4 is 17.8 Å². The Morgan fingerprint density at radius 1 is 1.57 bits per heavy atom. The first kappa shape index (κ1) is 10.2. The number of nitrogens with one attached hydrogen (secondary N) is 2. The minimum absolute atomic E-state index is 0.0427. The molecule has 0 unspecified atom stereocenters. The van der Waals surface area contributed by atoms with E-state index in [-0.39, 0.29) is 17.7 Å². The average Bonchev–Trinajstić information content (AvgIpc) is 2.65. The topological polar surface area (TPSA) is 97.0 Å². The second-order valence-corrected chi connectivity index (χ2v) is 2.40. The third kappa shape index (κ3) is 2.28. The molecule has 1 aromatic rings. The normalized spacial score (nSPS) is 9.57.